The number of aromatic nitrogens is 6. The summed E-state index contributed by atoms with van der Waals surface area (Å²) >= 11 is 0. The maximum Gasteiger partial charge on any atom is 0.252 e. The van der Waals surface area contributed by atoms with Gasteiger partial charge < -0.3 is 18.2 Å². The molecular weight excluding hydrogens is 324 g/mol. The average Bonchev–Trinajstić information content (AvgIpc) is 3.37. The Kier molecular flexibility index (Phi) is 4.05. The average molecular weight is 338 g/mol. The lowest BCUT2D eigenvalue weighted by Crippen LogP contribution is -2.03. The van der Waals surface area contributed by atoms with Gasteiger partial charge in [0.15, 0.2) is 17.4 Å². The van der Waals surface area contributed by atoms with Crippen molar-refractivity contribution < 1.29 is 13.7 Å². The summed E-state index contributed by atoms with van der Waals surface area (Å²) < 4.78 is 17.3. The van der Waals surface area contributed by atoms with Crippen LogP contribution in [-0.4, -0.2) is 36.8 Å². The Bertz CT molecular complexity index is 943. The van der Waals surface area contributed by atoms with Crippen molar-refractivity contribution in [1.29, 1.82) is 0 Å². The maximum absolute atomic E-state index is 5.29. The minimum atomic E-state index is 0.284. The Hall–Kier alpha value is -3.33. The van der Waals surface area contributed by atoms with Crippen LogP contribution in [0.3, 0.4) is 0 Å². The van der Waals surface area contributed by atoms with Crippen LogP contribution in [0.2, 0.25) is 0 Å². The number of furan rings is 1. The number of ether oxygens (including phenoxy) is 1. The summed E-state index contributed by atoms with van der Waals surface area (Å²) in [4.78, 5) is 17.3. The van der Waals surface area contributed by atoms with E-state index in [2.05, 4.69) is 25.1 Å². The van der Waals surface area contributed by atoms with Gasteiger partial charge in [0.25, 0.3) is 5.89 Å². The quantitative estimate of drug-likeness (QED) is 0.527. The monoisotopic (exact) mass is 338 g/mol. The number of nitrogens with zero attached hydrogens (tertiary/aromatic N) is 6. The molecule has 0 amide bonds. The third kappa shape index (κ3) is 3.17. The second-order valence-corrected chi connectivity index (χ2v) is 5.19. The van der Waals surface area contributed by atoms with Gasteiger partial charge in [-0.25, -0.2) is 15.0 Å². The van der Waals surface area contributed by atoms with Crippen molar-refractivity contribution in [3.05, 3.63) is 54.9 Å². The van der Waals surface area contributed by atoms with Crippen molar-refractivity contribution in [3.63, 3.8) is 0 Å². The summed E-state index contributed by atoms with van der Waals surface area (Å²) in [7, 11) is 1.57. The molecule has 0 bridgehead atoms. The first-order chi connectivity index (χ1) is 12.3. The van der Waals surface area contributed by atoms with Gasteiger partial charge in [-0.15, -0.1) is 0 Å². The second kappa shape index (κ2) is 6.65. The van der Waals surface area contributed by atoms with Gasteiger partial charge in [0.05, 0.1) is 18.4 Å². The van der Waals surface area contributed by atoms with Gasteiger partial charge in [0.2, 0.25) is 0 Å². The van der Waals surface area contributed by atoms with Crippen LogP contribution in [0.1, 0.15) is 11.7 Å². The fourth-order valence-electron chi connectivity index (χ4n) is 2.36. The highest BCUT2D eigenvalue weighted by Gasteiger charge is 2.12. The first kappa shape index (κ1) is 15.2. The number of rotatable bonds is 6. The third-order valence-corrected chi connectivity index (χ3v) is 3.46. The Labute approximate surface area is 142 Å². The highest BCUT2D eigenvalue weighted by molar-refractivity contribution is 5.55. The van der Waals surface area contributed by atoms with E-state index in [4.69, 9.17) is 13.7 Å². The summed E-state index contributed by atoms with van der Waals surface area (Å²) in [5.41, 5.74) is 0.779. The van der Waals surface area contributed by atoms with Crippen molar-refractivity contribution in [1.82, 2.24) is 29.7 Å². The molecular formula is C16H14N6O3. The Morgan fingerprint density at radius 1 is 1.20 bits per heavy atom. The predicted molar refractivity (Wildman–Crippen MR) is 85.1 cm³/mol. The SMILES string of the molecule is COCc1nc(Cn2ccnc2-c2cnc(-c3ccco3)nc2)no1. The van der Waals surface area contributed by atoms with Gasteiger partial charge in [0, 0.05) is 31.9 Å². The van der Waals surface area contributed by atoms with Gasteiger partial charge in [-0.2, -0.15) is 4.98 Å². The molecule has 0 saturated heterocycles. The molecule has 0 aliphatic rings. The van der Waals surface area contributed by atoms with Crippen LogP contribution in [0.15, 0.2) is 52.1 Å². The van der Waals surface area contributed by atoms with E-state index in [0.29, 0.717) is 35.7 Å². The molecule has 0 saturated carbocycles. The molecule has 4 aromatic heterocycles. The van der Waals surface area contributed by atoms with Gasteiger partial charge in [-0.3, -0.25) is 0 Å². The second-order valence-electron chi connectivity index (χ2n) is 5.19. The molecule has 4 rings (SSSR count). The summed E-state index contributed by atoms with van der Waals surface area (Å²) in [5, 5.41) is 3.93. The van der Waals surface area contributed by atoms with Crippen LogP contribution in [0.4, 0.5) is 0 Å². The number of imidazole rings is 1. The zero-order chi connectivity index (χ0) is 17.1. The normalized spacial score (nSPS) is 11.1. The molecule has 0 unspecified atom stereocenters. The molecule has 0 fully saturated rings. The van der Waals surface area contributed by atoms with E-state index >= 15 is 0 Å². The molecule has 126 valence electrons. The molecule has 4 heterocycles. The Balaban J connectivity index is 1.56. The molecule has 0 aliphatic carbocycles. The van der Waals surface area contributed by atoms with Crippen molar-refractivity contribution in [2.75, 3.05) is 7.11 Å². The smallest absolute Gasteiger partial charge is 0.252 e. The lowest BCUT2D eigenvalue weighted by atomic mass is 10.3. The largest absolute Gasteiger partial charge is 0.461 e. The van der Waals surface area contributed by atoms with E-state index in [1.807, 2.05) is 16.8 Å². The van der Waals surface area contributed by atoms with Crippen LogP contribution in [-0.2, 0) is 17.9 Å². The number of hydrogen-bond donors (Lipinski definition) is 0. The summed E-state index contributed by atoms with van der Waals surface area (Å²) in [6.07, 6.45) is 8.53. The number of hydrogen-bond acceptors (Lipinski definition) is 8. The van der Waals surface area contributed by atoms with E-state index in [1.54, 1.807) is 38.0 Å². The Morgan fingerprint density at radius 2 is 2.08 bits per heavy atom. The van der Waals surface area contributed by atoms with E-state index in [1.165, 1.54) is 0 Å². The molecule has 0 N–H and O–H groups in total. The minimum Gasteiger partial charge on any atom is -0.461 e. The van der Waals surface area contributed by atoms with Crippen molar-refractivity contribution in [2.24, 2.45) is 0 Å². The van der Waals surface area contributed by atoms with Crippen LogP contribution in [0, 0.1) is 0 Å². The Morgan fingerprint density at radius 3 is 2.84 bits per heavy atom. The lowest BCUT2D eigenvalue weighted by Gasteiger charge is -2.05. The van der Waals surface area contributed by atoms with Crippen LogP contribution < -0.4 is 0 Å². The summed E-state index contributed by atoms with van der Waals surface area (Å²) in [5.74, 6) is 2.83. The summed E-state index contributed by atoms with van der Waals surface area (Å²) in [6, 6.07) is 3.60. The molecule has 4 aromatic rings. The van der Waals surface area contributed by atoms with Crippen molar-refractivity contribution >= 4 is 0 Å². The van der Waals surface area contributed by atoms with Gasteiger partial charge in [-0.05, 0) is 12.1 Å². The molecule has 9 nitrogen and oxygen atoms in total. The predicted octanol–water partition coefficient (Wildman–Crippen LogP) is 2.18. The van der Waals surface area contributed by atoms with E-state index in [0.717, 1.165) is 5.56 Å². The molecule has 9 heteroatoms. The fraction of sp³-hybridized carbons (Fsp3) is 0.188. The number of methoxy groups -OCH3 is 1. The van der Waals surface area contributed by atoms with Gasteiger partial charge in [0.1, 0.15) is 12.4 Å². The highest BCUT2D eigenvalue weighted by Crippen LogP contribution is 2.20. The van der Waals surface area contributed by atoms with E-state index in [9.17, 15) is 0 Å². The van der Waals surface area contributed by atoms with E-state index in [-0.39, 0.29) is 6.61 Å². The molecule has 0 spiro atoms. The zero-order valence-electron chi connectivity index (χ0n) is 13.4. The van der Waals surface area contributed by atoms with Crippen LogP contribution in [0.25, 0.3) is 23.0 Å². The third-order valence-electron chi connectivity index (χ3n) is 3.46. The highest BCUT2D eigenvalue weighted by atomic mass is 16.5. The molecule has 0 radical (unpaired) electrons. The summed E-state index contributed by atoms with van der Waals surface area (Å²) in [6.45, 7) is 0.703. The van der Waals surface area contributed by atoms with Crippen molar-refractivity contribution in [3.8, 4) is 23.0 Å². The first-order valence-corrected chi connectivity index (χ1v) is 7.51. The zero-order valence-corrected chi connectivity index (χ0v) is 13.4. The molecule has 0 atom stereocenters. The standard InChI is InChI=1S/C16H14N6O3/c1-23-10-14-20-13(21-25-14)9-22-5-4-17-16(22)11-7-18-15(19-8-11)12-3-2-6-24-12/h2-8H,9-10H2,1H3. The van der Waals surface area contributed by atoms with Gasteiger partial charge >= 0.3 is 0 Å². The fourth-order valence-corrected chi connectivity index (χ4v) is 2.36. The van der Waals surface area contributed by atoms with Crippen molar-refractivity contribution in [2.45, 2.75) is 13.2 Å². The maximum atomic E-state index is 5.29. The minimum absolute atomic E-state index is 0.284. The molecule has 0 aromatic carbocycles. The lowest BCUT2D eigenvalue weighted by molar-refractivity contribution is 0.151. The first-order valence-electron chi connectivity index (χ1n) is 7.51. The molecule has 25 heavy (non-hydrogen) atoms. The molecule has 0 aliphatic heterocycles. The van der Waals surface area contributed by atoms with Crippen LogP contribution >= 0.6 is 0 Å². The van der Waals surface area contributed by atoms with Gasteiger partial charge in [-0.1, -0.05) is 5.16 Å². The topological polar surface area (TPSA) is 105 Å². The van der Waals surface area contributed by atoms with E-state index < -0.39 is 0 Å². The van der Waals surface area contributed by atoms with Crippen LogP contribution in [0.5, 0.6) is 0 Å².